The third kappa shape index (κ3) is 4.83. The van der Waals surface area contributed by atoms with Gasteiger partial charge in [0.2, 0.25) is 11.7 Å². The highest BCUT2D eigenvalue weighted by atomic mass is 35.5. The predicted octanol–water partition coefficient (Wildman–Crippen LogP) is 4.90. The molecule has 4 rings (SSSR count). The maximum absolute atomic E-state index is 12.3. The number of anilines is 1. The van der Waals surface area contributed by atoms with Crippen LogP contribution in [0.3, 0.4) is 0 Å². The number of hydrogen-bond donors (Lipinski definition) is 2. The van der Waals surface area contributed by atoms with Crippen LogP contribution in [0, 0.1) is 0 Å². The van der Waals surface area contributed by atoms with Crippen molar-refractivity contribution in [3.63, 3.8) is 0 Å². The fourth-order valence-corrected chi connectivity index (χ4v) is 2.87. The first kappa shape index (κ1) is 18.8. The molecule has 0 saturated heterocycles. The van der Waals surface area contributed by atoms with E-state index in [4.69, 9.17) is 20.5 Å². The fraction of sp³-hybridized carbons (Fsp3) is 0.0952. The van der Waals surface area contributed by atoms with Gasteiger partial charge in [0.05, 0.1) is 12.7 Å². The van der Waals surface area contributed by atoms with Gasteiger partial charge in [-0.25, -0.2) is 4.79 Å². The van der Waals surface area contributed by atoms with E-state index in [0.29, 0.717) is 41.2 Å². The topological polar surface area (TPSA) is 93.2 Å². The number of urea groups is 1. The van der Waals surface area contributed by atoms with Crippen molar-refractivity contribution in [2.24, 2.45) is 0 Å². The maximum Gasteiger partial charge on any atom is 0.319 e. The molecule has 2 aromatic carbocycles. The number of halogens is 1. The molecule has 0 spiro atoms. The van der Waals surface area contributed by atoms with E-state index in [9.17, 15) is 4.79 Å². The van der Waals surface area contributed by atoms with Crippen LogP contribution >= 0.6 is 11.6 Å². The average Bonchev–Trinajstić information content (AvgIpc) is 3.41. The lowest BCUT2D eigenvalue weighted by atomic mass is 10.1. The van der Waals surface area contributed by atoms with Crippen LogP contribution in [-0.2, 0) is 13.0 Å². The number of hydrogen-bond acceptors (Lipinski definition) is 5. The van der Waals surface area contributed by atoms with Gasteiger partial charge in [-0.15, -0.1) is 0 Å². The van der Waals surface area contributed by atoms with E-state index in [0.717, 1.165) is 11.1 Å². The fourth-order valence-electron chi connectivity index (χ4n) is 2.74. The molecule has 0 atom stereocenters. The van der Waals surface area contributed by atoms with Crippen LogP contribution in [0.5, 0.6) is 0 Å². The quantitative estimate of drug-likeness (QED) is 0.473. The number of carbonyl (C=O) groups is 1. The molecule has 0 aliphatic rings. The third-order valence-corrected chi connectivity index (χ3v) is 4.44. The summed E-state index contributed by atoms with van der Waals surface area (Å²) in [6.45, 7) is 0.390. The van der Waals surface area contributed by atoms with E-state index >= 15 is 0 Å². The molecule has 4 aromatic rings. The van der Waals surface area contributed by atoms with Crippen molar-refractivity contribution in [3.05, 3.63) is 89.0 Å². The second-order valence-electron chi connectivity index (χ2n) is 6.26. The SMILES string of the molecule is O=C(NCc1ccc(Cl)cc1)Nc1ccccc1Cc1nc(-c2ccco2)no1. The molecular weight excluding hydrogens is 392 g/mol. The molecule has 2 amide bonds. The van der Waals surface area contributed by atoms with Crippen LogP contribution in [0.1, 0.15) is 17.0 Å². The molecule has 0 bridgehead atoms. The number of nitrogens with one attached hydrogen (secondary N) is 2. The number of aromatic nitrogens is 2. The molecule has 0 aliphatic heterocycles. The van der Waals surface area contributed by atoms with Crippen molar-refractivity contribution in [1.29, 1.82) is 0 Å². The van der Waals surface area contributed by atoms with E-state index in [1.807, 2.05) is 36.4 Å². The van der Waals surface area contributed by atoms with E-state index in [1.165, 1.54) is 0 Å². The van der Waals surface area contributed by atoms with E-state index < -0.39 is 0 Å². The number of rotatable bonds is 6. The Labute approximate surface area is 171 Å². The van der Waals surface area contributed by atoms with Gasteiger partial charge in [0.1, 0.15) is 0 Å². The minimum atomic E-state index is -0.311. The molecule has 0 unspecified atom stereocenters. The molecule has 0 radical (unpaired) electrons. The average molecular weight is 409 g/mol. The number of furan rings is 1. The second-order valence-corrected chi connectivity index (χ2v) is 6.69. The van der Waals surface area contributed by atoms with Crippen LogP contribution in [0.4, 0.5) is 10.5 Å². The summed E-state index contributed by atoms with van der Waals surface area (Å²) in [6, 6.07) is 18.0. The van der Waals surface area contributed by atoms with Gasteiger partial charge in [-0.05, 0) is 41.5 Å². The van der Waals surface area contributed by atoms with Gasteiger partial charge in [0, 0.05) is 17.3 Å². The monoisotopic (exact) mass is 408 g/mol. The highest BCUT2D eigenvalue weighted by Gasteiger charge is 2.14. The highest BCUT2D eigenvalue weighted by Crippen LogP contribution is 2.21. The molecule has 2 aromatic heterocycles. The van der Waals surface area contributed by atoms with Crippen molar-refractivity contribution < 1.29 is 13.7 Å². The van der Waals surface area contributed by atoms with Crippen molar-refractivity contribution in [3.8, 4) is 11.6 Å². The van der Waals surface area contributed by atoms with Gasteiger partial charge in [-0.2, -0.15) is 4.98 Å². The van der Waals surface area contributed by atoms with Gasteiger partial charge in [-0.3, -0.25) is 0 Å². The summed E-state index contributed by atoms with van der Waals surface area (Å²) in [6.07, 6.45) is 1.93. The number of para-hydroxylation sites is 1. The zero-order valence-corrected chi connectivity index (χ0v) is 16.0. The summed E-state index contributed by atoms with van der Waals surface area (Å²) in [4.78, 5) is 16.6. The molecule has 0 fully saturated rings. The second kappa shape index (κ2) is 8.62. The van der Waals surface area contributed by atoms with Crippen molar-refractivity contribution >= 4 is 23.3 Å². The Kier molecular flexibility index (Phi) is 5.58. The lowest BCUT2D eigenvalue weighted by Crippen LogP contribution is -2.28. The minimum absolute atomic E-state index is 0.311. The zero-order chi connectivity index (χ0) is 20.1. The summed E-state index contributed by atoms with van der Waals surface area (Å²) in [5, 5.41) is 10.3. The molecule has 2 heterocycles. The first-order valence-corrected chi connectivity index (χ1v) is 9.29. The van der Waals surface area contributed by atoms with Crippen molar-refractivity contribution in [2.75, 3.05) is 5.32 Å². The van der Waals surface area contributed by atoms with E-state index in [2.05, 4.69) is 20.8 Å². The first-order chi connectivity index (χ1) is 14.2. The standard InChI is InChI=1S/C21H17ClN4O3/c22-16-9-7-14(8-10-16)13-23-21(27)24-17-5-2-1-4-15(17)12-19-25-20(26-29-19)18-6-3-11-28-18/h1-11H,12-13H2,(H2,23,24,27). The van der Waals surface area contributed by atoms with Gasteiger partial charge >= 0.3 is 6.03 Å². The molecular formula is C21H17ClN4O3. The zero-order valence-electron chi connectivity index (χ0n) is 15.3. The van der Waals surface area contributed by atoms with Crippen LogP contribution in [-0.4, -0.2) is 16.2 Å². The molecule has 0 saturated carbocycles. The van der Waals surface area contributed by atoms with Crippen LogP contribution in [0.15, 0.2) is 75.9 Å². The van der Waals surface area contributed by atoms with Crippen molar-refractivity contribution in [1.82, 2.24) is 15.5 Å². The van der Waals surface area contributed by atoms with Crippen LogP contribution < -0.4 is 10.6 Å². The number of amides is 2. The van der Waals surface area contributed by atoms with Gasteiger partial charge in [0.25, 0.3) is 0 Å². The third-order valence-electron chi connectivity index (χ3n) is 4.18. The number of carbonyl (C=O) groups excluding carboxylic acids is 1. The molecule has 0 aliphatic carbocycles. The molecule has 8 heteroatoms. The normalized spacial score (nSPS) is 10.7. The number of nitrogens with zero attached hydrogens (tertiary/aromatic N) is 2. The van der Waals surface area contributed by atoms with Gasteiger partial charge < -0.3 is 19.6 Å². The Morgan fingerprint density at radius 1 is 1.03 bits per heavy atom. The Balaban J connectivity index is 1.40. The summed E-state index contributed by atoms with van der Waals surface area (Å²) >= 11 is 5.87. The largest absolute Gasteiger partial charge is 0.461 e. The van der Waals surface area contributed by atoms with E-state index in [-0.39, 0.29) is 6.03 Å². The Morgan fingerprint density at radius 3 is 2.66 bits per heavy atom. The van der Waals surface area contributed by atoms with Gasteiger partial charge in [0.15, 0.2) is 5.76 Å². The molecule has 146 valence electrons. The Hall–Kier alpha value is -3.58. The van der Waals surface area contributed by atoms with Crippen molar-refractivity contribution in [2.45, 2.75) is 13.0 Å². The van der Waals surface area contributed by atoms with Gasteiger partial charge in [-0.1, -0.05) is 47.1 Å². The molecule has 2 N–H and O–H groups in total. The molecule has 29 heavy (non-hydrogen) atoms. The smallest absolute Gasteiger partial charge is 0.319 e. The minimum Gasteiger partial charge on any atom is -0.461 e. The Bertz CT molecular complexity index is 1090. The molecule has 7 nitrogen and oxygen atoms in total. The lowest BCUT2D eigenvalue weighted by Gasteiger charge is -2.11. The summed E-state index contributed by atoms with van der Waals surface area (Å²) in [5.41, 5.74) is 2.47. The Morgan fingerprint density at radius 2 is 1.86 bits per heavy atom. The first-order valence-electron chi connectivity index (χ1n) is 8.91. The lowest BCUT2D eigenvalue weighted by molar-refractivity contribution is 0.251. The maximum atomic E-state index is 12.3. The van der Waals surface area contributed by atoms with Crippen LogP contribution in [0.2, 0.25) is 5.02 Å². The highest BCUT2D eigenvalue weighted by molar-refractivity contribution is 6.30. The van der Waals surface area contributed by atoms with E-state index in [1.54, 1.807) is 30.5 Å². The summed E-state index contributed by atoms with van der Waals surface area (Å²) in [5.74, 6) is 1.34. The number of benzene rings is 2. The van der Waals surface area contributed by atoms with Crippen LogP contribution in [0.25, 0.3) is 11.6 Å². The summed E-state index contributed by atoms with van der Waals surface area (Å²) in [7, 11) is 0. The summed E-state index contributed by atoms with van der Waals surface area (Å²) < 4.78 is 10.6. The predicted molar refractivity (Wildman–Crippen MR) is 109 cm³/mol.